The van der Waals surface area contributed by atoms with E-state index < -0.39 is 0 Å². The van der Waals surface area contributed by atoms with Gasteiger partial charge in [-0.15, -0.1) is 0 Å². The van der Waals surface area contributed by atoms with Gasteiger partial charge in [-0.1, -0.05) is 23.4 Å². The van der Waals surface area contributed by atoms with Crippen molar-refractivity contribution in [3.8, 4) is 22.9 Å². The minimum absolute atomic E-state index is 0.154. The molecule has 26 heavy (non-hydrogen) atoms. The lowest BCUT2D eigenvalue weighted by Crippen LogP contribution is -2.20. The zero-order valence-electron chi connectivity index (χ0n) is 14.8. The van der Waals surface area contributed by atoms with E-state index in [4.69, 9.17) is 14.0 Å². The average molecular weight is 353 g/mol. The van der Waals surface area contributed by atoms with Gasteiger partial charge in [0.25, 0.3) is 5.91 Å². The third kappa shape index (κ3) is 4.00. The van der Waals surface area contributed by atoms with Crippen molar-refractivity contribution in [3.63, 3.8) is 0 Å². The van der Waals surface area contributed by atoms with Gasteiger partial charge in [0.1, 0.15) is 0 Å². The molecule has 0 fully saturated rings. The summed E-state index contributed by atoms with van der Waals surface area (Å²) in [5.74, 6) is 1.66. The molecule has 0 saturated heterocycles. The fourth-order valence-electron chi connectivity index (χ4n) is 2.42. The van der Waals surface area contributed by atoms with E-state index in [1.807, 2.05) is 37.3 Å². The van der Waals surface area contributed by atoms with Gasteiger partial charge in [0, 0.05) is 12.5 Å². The van der Waals surface area contributed by atoms with E-state index in [9.17, 15) is 4.79 Å². The Bertz CT molecular complexity index is 921. The van der Waals surface area contributed by atoms with Gasteiger partial charge < -0.3 is 19.3 Å². The number of hydrogen-bond acceptors (Lipinski definition) is 6. The number of hydrogen-bond donors (Lipinski definition) is 1. The predicted octanol–water partition coefficient (Wildman–Crippen LogP) is 3.38. The van der Waals surface area contributed by atoms with Crippen molar-refractivity contribution in [2.24, 2.45) is 0 Å². The maximum Gasteiger partial charge on any atom is 0.262 e. The van der Waals surface area contributed by atoms with Gasteiger partial charge in [-0.3, -0.25) is 4.79 Å². The smallest absolute Gasteiger partial charge is 0.262 e. The summed E-state index contributed by atoms with van der Waals surface area (Å²) < 4.78 is 15.9. The van der Waals surface area contributed by atoms with Crippen molar-refractivity contribution < 1.29 is 18.8 Å². The van der Waals surface area contributed by atoms with E-state index in [1.165, 1.54) is 0 Å². The van der Waals surface area contributed by atoms with Gasteiger partial charge in [-0.2, -0.15) is 4.98 Å². The van der Waals surface area contributed by atoms with Crippen LogP contribution in [-0.4, -0.2) is 29.8 Å². The summed E-state index contributed by atoms with van der Waals surface area (Å²) in [6, 6.07) is 12.7. The first-order valence-corrected chi connectivity index (χ1v) is 8.04. The van der Waals surface area contributed by atoms with Crippen LogP contribution in [0.1, 0.15) is 11.5 Å². The predicted molar refractivity (Wildman–Crippen MR) is 96.3 cm³/mol. The van der Waals surface area contributed by atoms with Crippen LogP contribution in [0, 0.1) is 13.8 Å². The Kier molecular flexibility index (Phi) is 5.17. The molecule has 0 bridgehead atoms. The van der Waals surface area contributed by atoms with E-state index in [-0.39, 0.29) is 12.5 Å². The van der Waals surface area contributed by atoms with Crippen LogP contribution in [-0.2, 0) is 4.79 Å². The number of amides is 1. The number of carbonyl (C=O) groups is 1. The second-order valence-corrected chi connectivity index (χ2v) is 5.67. The number of aromatic nitrogens is 2. The molecule has 0 aliphatic rings. The lowest BCUT2D eigenvalue weighted by molar-refractivity contribution is -0.118. The standard InChI is InChI=1S/C19H19N3O4/c1-12-8-9-16(17(10-12)24-3)25-11-18(23)21-15-7-5-4-6-14(15)19-20-13(2)26-22-19/h4-10H,11H2,1-3H3,(H,21,23). The summed E-state index contributed by atoms with van der Waals surface area (Å²) in [5, 5.41) is 6.70. The Labute approximate surface area is 150 Å². The highest BCUT2D eigenvalue weighted by molar-refractivity contribution is 5.95. The van der Waals surface area contributed by atoms with Crippen LogP contribution in [0.4, 0.5) is 5.69 Å². The highest BCUT2D eigenvalue weighted by Crippen LogP contribution is 2.28. The number of anilines is 1. The van der Waals surface area contributed by atoms with Gasteiger partial charge >= 0.3 is 0 Å². The summed E-state index contributed by atoms with van der Waals surface area (Å²) >= 11 is 0. The summed E-state index contributed by atoms with van der Waals surface area (Å²) in [5.41, 5.74) is 2.30. The zero-order valence-corrected chi connectivity index (χ0v) is 14.8. The third-order valence-corrected chi connectivity index (χ3v) is 3.65. The highest BCUT2D eigenvalue weighted by atomic mass is 16.5. The molecule has 3 rings (SSSR count). The SMILES string of the molecule is COc1cc(C)ccc1OCC(=O)Nc1ccccc1-c1noc(C)n1. The van der Waals surface area contributed by atoms with Crippen LogP contribution in [0.25, 0.3) is 11.4 Å². The Morgan fingerprint density at radius 2 is 1.96 bits per heavy atom. The molecule has 3 aromatic rings. The Hall–Kier alpha value is -3.35. The summed E-state index contributed by atoms with van der Waals surface area (Å²) in [6.07, 6.45) is 0. The van der Waals surface area contributed by atoms with E-state index in [1.54, 1.807) is 26.2 Å². The van der Waals surface area contributed by atoms with Crippen molar-refractivity contribution in [3.05, 3.63) is 53.9 Å². The molecule has 1 aromatic heterocycles. The molecule has 7 nitrogen and oxygen atoms in total. The lowest BCUT2D eigenvalue weighted by atomic mass is 10.1. The zero-order chi connectivity index (χ0) is 18.5. The number of rotatable bonds is 6. The fraction of sp³-hybridized carbons (Fsp3) is 0.211. The van der Waals surface area contributed by atoms with Crippen molar-refractivity contribution in [1.82, 2.24) is 10.1 Å². The minimum Gasteiger partial charge on any atom is -0.493 e. The molecule has 0 saturated carbocycles. The van der Waals surface area contributed by atoms with Gasteiger partial charge in [0.05, 0.1) is 12.8 Å². The Morgan fingerprint density at radius 1 is 1.15 bits per heavy atom. The molecule has 1 heterocycles. The minimum atomic E-state index is -0.305. The van der Waals surface area contributed by atoms with Crippen LogP contribution in [0.3, 0.4) is 0 Å². The monoisotopic (exact) mass is 353 g/mol. The van der Waals surface area contributed by atoms with Crippen LogP contribution in [0.2, 0.25) is 0 Å². The molecule has 1 N–H and O–H groups in total. The molecule has 0 unspecified atom stereocenters. The Balaban J connectivity index is 1.70. The number of para-hydroxylation sites is 1. The molecule has 0 aliphatic heterocycles. The van der Waals surface area contributed by atoms with E-state index in [0.29, 0.717) is 34.5 Å². The van der Waals surface area contributed by atoms with Gasteiger partial charge in [-0.25, -0.2) is 0 Å². The number of carbonyl (C=O) groups excluding carboxylic acids is 1. The molecule has 0 atom stereocenters. The number of methoxy groups -OCH3 is 1. The van der Waals surface area contributed by atoms with Gasteiger partial charge in [-0.05, 0) is 36.8 Å². The number of aryl methyl sites for hydroxylation is 2. The van der Waals surface area contributed by atoms with Crippen LogP contribution in [0.5, 0.6) is 11.5 Å². The maximum absolute atomic E-state index is 12.3. The maximum atomic E-state index is 12.3. The molecular formula is C19H19N3O4. The topological polar surface area (TPSA) is 86.5 Å². The number of ether oxygens (including phenoxy) is 2. The van der Waals surface area contributed by atoms with Crippen molar-refractivity contribution in [2.45, 2.75) is 13.8 Å². The quantitative estimate of drug-likeness (QED) is 0.731. The molecule has 1 amide bonds. The van der Waals surface area contributed by atoms with Gasteiger partial charge in [0.2, 0.25) is 11.7 Å². The third-order valence-electron chi connectivity index (χ3n) is 3.65. The van der Waals surface area contributed by atoms with Crippen LogP contribution < -0.4 is 14.8 Å². The molecule has 0 radical (unpaired) electrons. The normalized spacial score (nSPS) is 10.4. The van der Waals surface area contributed by atoms with E-state index in [0.717, 1.165) is 5.56 Å². The summed E-state index contributed by atoms with van der Waals surface area (Å²) in [6.45, 7) is 3.51. The fourth-order valence-corrected chi connectivity index (χ4v) is 2.42. The first-order chi connectivity index (χ1) is 12.6. The van der Waals surface area contributed by atoms with E-state index >= 15 is 0 Å². The molecular weight excluding hydrogens is 334 g/mol. The van der Waals surface area contributed by atoms with Crippen LogP contribution in [0.15, 0.2) is 47.0 Å². The molecule has 7 heteroatoms. The molecule has 0 aliphatic carbocycles. The first-order valence-electron chi connectivity index (χ1n) is 8.04. The molecule has 134 valence electrons. The molecule has 2 aromatic carbocycles. The highest BCUT2D eigenvalue weighted by Gasteiger charge is 2.14. The number of benzene rings is 2. The van der Waals surface area contributed by atoms with Crippen molar-refractivity contribution >= 4 is 11.6 Å². The number of nitrogens with zero attached hydrogens (tertiary/aromatic N) is 2. The second-order valence-electron chi connectivity index (χ2n) is 5.67. The van der Waals surface area contributed by atoms with Gasteiger partial charge in [0.15, 0.2) is 18.1 Å². The van der Waals surface area contributed by atoms with E-state index in [2.05, 4.69) is 15.5 Å². The second kappa shape index (κ2) is 7.69. The summed E-state index contributed by atoms with van der Waals surface area (Å²) in [4.78, 5) is 16.5. The number of nitrogens with one attached hydrogen (secondary N) is 1. The van der Waals surface area contributed by atoms with Crippen molar-refractivity contribution in [1.29, 1.82) is 0 Å². The average Bonchev–Trinajstić information content (AvgIpc) is 3.07. The largest absolute Gasteiger partial charge is 0.493 e. The lowest BCUT2D eigenvalue weighted by Gasteiger charge is -2.12. The summed E-state index contributed by atoms with van der Waals surface area (Å²) in [7, 11) is 1.56. The Morgan fingerprint density at radius 3 is 2.69 bits per heavy atom. The van der Waals surface area contributed by atoms with Crippen molar-refractivity contribution in [2.75, 3.05) is 19.0 Å². The van der Waals surface area contributed by atoms with Crippen LogP contribution >= 0.6 is 0 Å². The molecule has 0 spiro atoms. The first kappa shape index (κ1) is 17.5.